The van der Waals surface area contributed by atoms with E-state index in [1.807, 2.05) is 18.2 Å². The highest BCUT2D eigenvalue weighted by molar-refractivity contribution is 6.02. The molecule has 0 aromatic heterocycles. The summed E-state index contributed by atoms with van der Waals surface area (Å²) in [6, 6.07) is 10.1. The quantitative estimate of drug-likeness (QED) is 0.427. The minimum Gasteiger partial charge on any atom is -1.00 e. The standard InChI is InChI=1S/C21H26NO4.HI/c1-22-9-8-15-12-16(23-2)13-20(26-5)21(15)17(22)10-14-6-7-18(24-3)19(11-14)25-4;/h6-7,11-13H,8-10H2,1-5H3;1H/q+1;/p-1. The highest BCUT2D eigenvalue weighted by atomic mass is 127. The Morgan fingerprint density at radius 3 is 2.19 bits per heavy atom. The summed E-state index contributed by atoms with van der Waals surface area (Å²) >= 11 is 0. The second kappa shape index (κ2) is 9.30. The maximum atomic E-state index is 5.68. The van der Waals surface area contributed by atoms with E-state index in [2.05, 4.69) is 23.8 Å². The van der Waals surface area contributed by atoms with Gasteiger partial charge in [-0.1, -0.05) is 6.07 Å². The first kappa shape index (κ1) is 21.3. The van der Waals surface area contributed by atoms with Crippen molar-refractivity contribution in [2.45, 2.75) is 12.8 Å². The molecule has 0 saturated carbocycles. The predicted octanol–water partition coefficient (Wildman–Crippen LogP) is -0.0448. The van der Waals surface area contributed by atoms with Crippen LogP contribution in [0.25, 0.3) is 0 Å². The van der Waals surface area contributed by atoms with Crippen molar-refractivity contribution in [3.63, 3.8) is 0 Å². The van der Waals surface area contributed by atoms with Crippen LogP contribution in [0.3, 0.4) is 0 Å². The lowest BCUT2D eigenvalue weighted by atomic mass is 9.91. The molecule has 0 fully saturated rings. The molecule has 1 aliphatic rings. The van der Waals surface area contributed by atoms with Crippen LogP contribution in [0.15, 0.2) is 30.3 Å². The summed E-state index contributed by atoms with van der Waals surface area (Å²) in [4.78, 5) is 0. The highest BCUT2D eigenvalue weighted by Crippen LogP contribution is 2.33. The maximum Gasteiger partial charge on any atom is 0.191 e. The average molecular weight is 483 g/mol. The summed E-state index contributed by atoms with van der Waals surface area (Å²) in [5.41, 5.74) is 4.82. The molecule has 5 nitrogen and oxygen atoms in total. The number of nitrogens with zero attached hydrogens (tertiary/aromatic N) is 1. The molecule has 3 rings (SSSR count). The summed E-state index contributed by atoms with van der Waals surface area (Å²) in [5, 5.41) is 0. The summed E-state index contributed by atoms with van der Waals surface area (Å²) < 4.78 is 24.2. The highest BCUT2D eigenvalue weighted by Gasteiger charge is 2.28. The largest absolute Gasteiger partial charge is 1.00 e. The average Bonchev–Trinajstić information content (AvgIpc) is 2.68. The molecule has 0 amide bonds. The molecule has 0 saturated heterocycles. The molecule has 0 atom stereocenters. The van der Waals surface area contributed by atoms with Gasteiger partial charge in [0.15, 0.2) is 17.2 Å². The Hall–Kier alpha value is -1.96. The van der Waals surface area contributed by atoms with E-state index in [1.54, 1.807) is 28.4 Å². The van der Waals surface area contributed by atoms with E-state index in [1.165, 1.54) is 11.3 Å². The molecule has 6 heteroatoms. The number of benzene rings is 2. The Balaban J connectivity index is 0.00000261. The number of hydrogen-bond acceptors (Lipinski definition) is 4. The Bertz CT molecular complexity index is 848. The van der Waals surface area contributed by atoms with E-state index < -0.39 is 0 Å². The zero-order valence-electron chi connectivity index (χ0n) is 16.5. The zero-order chi connectivity index (χ0) is 18.7. The van der Waals surface area contributed by atoms with Gasteiger partial charge in [0.2, 0.25) is 0 Å². The fourth-order valence-corrected chi connectivity index (χ4v) is 3.47. The Labute approximate surface area is 177 Å². The van der Waals surface area contributed by atoms with Crippen LogP contribution in [-0.4, -0.2) is 52.3 Å². The van der Waals surface area contributed by atoms with Crippen LogP contribution in [0.5, 0.6) is 23.0 Å². The minimum atomic E-state index is 0. The molecule has 0 spiro atoms. The third-order valence-electron chi connectivity index (χ3n) is 4.90. The van der Waals surface area contributed by atoms with Crippen LogP contribution < -0.4 is 42.9 Å². The Kier molecular flexibility index (Phi) is 7.35. The number of likely N-dealkylation sites (N-methyl/N-ethyl adjacent to an activating group) is 1. The molecule has 27 heavy (non-hydrogen) atoms. The summed E-state index contributed by atoms with van der Waals surface area (Å²) in [6.07, 6.45) is 1.75. The SMILES string of the molecule is COc1cc2c(c(OC)c1)C(Cc1ccc(OC)c(OC)c1)=[N+](C)CC2.[I-]. The van der Waals surface area contributed by atoms with E-state index in [0.29, 0.717) is 0 Å². The zero-order valence-corrected chi connectivity index (χ0v) is 18.6. The third-order valence-corrected chi connectivity index (χ3v) is 4.90. The van der Waals surface area contributed by atoms with Gasteiger partial charge in [-0.2, -0.15) is 0 Å². The molecule has 146 valence electrons. The second-order valence-corrected chi connectivity index (χ2v) is 6.35. The molecule has 2 aromatic rings. The van der Waals surface area contributed by atoms with Crippen LogP contribution in [-0.2, 0) is 12.8 Å². The topological polar surface area (TPSA) is 39.9 Å². The number of ether oxygens (including phenoxy) is 4. The van der Waals surface area contributed by atoms with Crippen molar-refractivity contribution in [3.8, 4) is 23.0 Å². The van der Waals surface area contributed by atoms with E-state index >= 15 is 0 Å². The molecule has 0 bridgehead atoms. The first-order valence-corrected chi connectivity index (χ1v) is 8.64. The lowest BCUT2D eigenvalue weighted by molar-refractivity contribution is -0.498. The Morgan fingerprint density at radius 1 is 0.852 bits per heavy atom. The normalized spacial score (nSPS) is 12.8. The first-order chi connectivity index (χ1) is 12.6. The van der Waals surface area contributed by atoms with Crippen molar-refractivity contribution in [1.82, 2.24) is 0 Å². The van der Waals surface area contributed by atoms with Gasteiger partial charge in [-0.15, -0.1) is 0 Å². The van der Waals surface area contributed by atoms with E-state index in [0.717, 1.165) is 53.5 Å². The van der Waals surface area contributed by atoms with Crippen molar-refractivity contribution >= 4 is 5.71 Å². The molecular weight excluding hydrogens is 457 g/mol. The van der Waals surface area contributed by atoms with Crippen LogP contribution in [0.4, 0.5) is 0 Å². The molecule has 0 radical (unpaired) electrons. The second-order valence-electron chi connectivity index (χ2n) is 6.35. The molecule has 2 aromatic carbocycles. The maximum absolute atomic E-state index is 5.68. The monoisotopic (exact) mass is 483 g/mol. The van der Waals surface area contributed by atoms with E-state index in [4.69, 9.17) is 18.9 Å². The first-order valence-electron chi connectivity index (χ1n) is 8.64. The number of fused-ring (bicyclic) bond motifs is 1. The van der Waals surface area contributed by atoms with Crippen molar-refractivity contribution < 1.29 is 47.5 Å². The fourth-order valence-electron chi connectivity index (χ4n) is 3.47. The van der Waals surface area contributed by atoms with Gasteiger partial charge in [0.05, 0.1) is 40.4 Å². The molecule has 1 heterocycles. The van der Waals surface area contributed by atoms with Gasteiger partial charge in [0.1, 0.15) is 25.1 Å². The minimum absolute atomic E-state index is 0. The summed E-state index contributed by atoms with van der Waals surface area (Å²) in [5.74, 6) is 3.16. The van der Waals surface area contributed by atoms with Crippen molar-refractivity contribution in [2.75, 3.05) is 42.0 Å². The van der Waals surface area contributed by atoms with Crippen LogP contribution in [0, 0.1) is 0 Å². The lowest BCUT2D eigenvalue weighted by Gasteiger charge is -2.20. The number of halogens is 1. The van der Waals surface area contributed by atoms with Gasteiger partial charge < -0.3 is 42.9 Å². The van der Waals surface area contributed by atoms with E-state index in [-0.39, 0.29) is 24.0 Å². The van der Waals surface area contributed by atoms with Crippen molar-refractivity contribution in [2.24, 2.45) is 0 Å². The van der Waals surface area contributed by atoms with Gasteiger partial charge >= 0.3 is 0 Å². The number of methoxy groups -OCH3 is 4. The number of hydrogen-bond donors (Lipinski definition) is 0. The van der Waals surface area contributed by atoms with Crippen LogP contribution in [0.1, 0.15) is 16.7 Å². The molecule has 0 aliphatic carbocycles. The van der Waals surface area contributed by atoms with Crippen LogP contribution in [0.2, 0.25) is 0 Å². The van der Waals surface area contributed by atoms with Gasteiger partial charge in [-0.25, -0.2) is 4.58 Å². The molecular formula is C21H26INO4. The fraction of sp³-hybridized carbons (Fsp3) is 0.381. The smallest absolute Gasteiger partial charge is 0.191 e. The van der Waals surface area contributed by atoms with Crippen molar-refractivity contribution in [3.05, 3.63) is 47.0 Å². The van der Waals surface area contributed by atoms with E-state index in [9.17, 15) is 0 Å². The predicted molar refractivity (Wildman–Crippen MR) is 102 cm³/mol. The third kappa shape index (κ3) is 4.31. The van der Waals surface area contributed by atoms with Gasteiger partial charge in [0, 0.05) is 12.5 Å². The number of rotatable bonds is 6. The van der Waals surface area contributed by atoms with Gasteiger partial charge in [-0.05, 0) is 29.3 Å². The van der Waals surface area contributed by atoms with Crippen LogP contribution >= 0.6 is 0 Å². The lowest BCUT2D eigenvalue weighted by Crippen LogP contribution is -3.00. The molecule has 1 aliphatic heterocycles. The van der Waals surface area contributed by atoms with Gasteiger partial charge in [0.25, 0.3) is 0 Å². The molecule has 0 N–H and O–H groups in total. The van der Waals surface area contributed by atoms with Gasteiger partial charge in [-0.3, -0.25) is 0 Å². The Morgan fingerprint density at radius 2 is 1.56 bits per heavy atom. The van der Waals surface area contributed by atoms with Crippen molar-refractivity contribution in [1.29, 1.82) is 0 Å². The summed E-state index contributed by atoms with van der Waals surface area (Å²) in [6.45, 7) is 0.964. The molecule has 0 unspecified atom stereocenters. The summed E-state index contributed by atoms with van der Waals surface area (Å²) in [7, 11) is 8.83.